The average molecular weight is 521 g/mol. The first-order chi connectivity index (χ1) is 14.3. The molecule has 0 amide bonds. The van der Waals surface area contributed by atoms with Crippen molar-refractivity contribution in [1.29, 1.82) is 0 Å². The van der Waals surface area contributed by atoms with Gasteiger partial charge in [-0.3, -0.25) is 4.99 Å². The molecule has 162 valence electrons. The molecule has 2 fully saturated rings. The van der Waals surface area contributed by atoms with Crippen LogP contribution in [0.25, 0.3) is 0 Å². The number of aromatic nitrogens is 2. The summed E-state index contributed by atoms with van der Waals surface area (Å²) in [4.78, 5) is 20.6. The maximum atomic E-state index is 4.58. The average Bonchev–Trinajstić information content (AvgIpc) is 2.81. The van der Waals surface area contributed by atoms with Crippen molar-refractivity contribution in [2.75, 3.05) is 56.1 Å². The summed E-state index contributed by atoms with van der Waals surface area (Å²) >= 11 is 0. The second-order valence-electron chi connectivity index (χ2n) is 7.63. The number of nitrogens with zero attached hydrogens (tertiary/aromatic N) is 6. The van der Waals surface area contributed by atoms with Crippen LogP contribution < -0.4 is 15.1 Å². The Balaban J connectivity index is 0.00000256. The molecule has 1 N–H and O–H groups in total. The number of rotatable bonds is 4. The van der Waals surface area contributed by atoms with Crippen LogP contribution in [-0.4, -0.2) is 67.1 Å². The number of nitrogens with one attached hydrogen (secondary N) is 1. The van der Waals surface area contributed by atoms with Gasteiger partial charge in [0.25, 0.3) is 0 Å². The van der Waals surface area contributed by atoms with Gasteiger partial charge < -0.3 is 20.0 Å². The first-order valence-corrected chi connectivity index (χ1v) is 10.6. The fourth-order valence-corrected chi connectivity index (χ4v) is 4.07. The molecule has 0 atom stereocenters. The molecule has 2 aliphatic rings. The SMILES string of the molecule is CN=C(NCc1ccnc(N2CCCCC2)c1)N1CCN(c2ccccn2)CC1.I. The summed E-state index contributed by atoms with van der Waals surface area (Å²) in [5.41, 5.74) is 1.24. The zero-order chi connectivity index (χ0) is 19.9. The molecule has 4 heterocycles. The molecule has 8 heteroatoms. The van der Waals surface area contributed by atoms with Crippen molar-refractivity contribution in [3.05, 3.63) is 48.3 Å². The number of anilines is 2. The Hall–Kier alpha value is -2.10. The van der Waals surface area contributed by atoms with Crippen molar-refractivity contribution in [3.8, 4) is 0 Å². The first kappa shape index (κ1) is 22.6. The van der Waals surface area contributed by atoms with Crippen molar-refractivity contribution in [1.82, 2.24) is 20.2 Å². The molecule has 2 aromatic rings. The Labute approximate surface area is 196 Å². The molecule has 4 rings (SSSR count). The zero-order valence-electron chi connectivity index (χ0n) is 17.7. The highest BCUT2D eigenvalue weighted by Crippen LogP contribution is 2.18. The van der Waals surface area contributed by atoms with Crippen molar-refractivity contribution in [2.24, 2.45) is 4.99 Å². The van der Waals surface area contributed by atoms with Crippen LogP contribution in [0.1, 0.15) is 24.8 Å². The van der Waals surface area contributed by atoms with E-state index in [-0.39, 0.29) is 24.0 Å². The summed E-state index contributed by atoms with van der Waals surface area (Å²) in [6.45, 7) is 6.77. The maximum absolute atomic E-state index is 4.58. The van der Waals surface area contributed by atoms with Crippen molar-refractivity contribution >= 4 is 41.6 Å². The number of hydrogen-bond donors (Lipinski definition) is 1. The third-order valence-corrected chi connectivity index (χ3v) is 5.70. The van der Waals surface area contributed by atoms with Gasteiger partial charge in [-0.2, -0.15) is 0 Å². The Kier molecular flexibility index (Phi) is 8.53. The quantitative estimate of drug-likeness (QED) is 0.380. The molecule has 0 aromatic carbocycles. The Morgan fingerprint density at radius 1 is 0.900 bits per heavy atom. The minimum atomic E-state index is 0. The fourth-order valence-electron chi connectivity index (χ4n) is 4.07. The molecule has 30 heavy (non-hydrogen) atoms. The van der Waals surface area contributed by atoms with Crippen molar-refractivity contribution in [3.63, 3.8) is 0 Å². The lowest BCUT2D eigenvalue weighted by atomic mass is 10.1. The summed E-state index contributed by atoms with van der Waals surface area (Å²) in [6.07, 6.45) is 7.65. The minimum Gasteiger partial charge on any atom is -0.357 e. The second-order valence-corrected chi connectivity index (χ2v) is 7.63. The summed E-state index contributed by atoms with van der Waals surface area (Å²) in [5.74, 6) is 3.11. The van der Waals surface area contributed by atoms with Crippen LogP contribution in [0.5, 0.6) is 0 Å². The van der Waals surface area contributed by atoms with Crippen LogP contribution in [-0.2, 0) is 6.54 Å². The number of piperidine rings is 1. The molecule has 0 unspecified atom stereocenters. The standard InChI is InChI=1S/C22H31N7.HI/c1-23-22(29-15-13-28(14-16-29)20-7-3-4-9-24-20)26-18-19-8-10-25-21(17-19)27-11-5-2-6-12-27;/h3-4,7-10,17H,2,5-6,11-16,18H2,1H3,(H,23,26);1H. The van der Waals surface area contributed by atoms with Crippen LogP contribution in [0, 0.1) is 0 Å². The molecule has 2 saturated heterocycles. The number of guanidine groups is 1. The first-order valence-electron chi connectivity index (χ1n) is 10.6. The van der Waals surface area contributed by atoms with Gasteiger partial charge in [0.15, 0.2) is 5.96 Å². The summed E-state index contributed by atoms with van der Waals surface area (Å²) < 4.78 is 0. The third kappa shape index (κ3) is 5.74. The number of hydrogen-bond acceptors (Lipinski definition) is 5. The van der Waals surface area contributed by atoms with E-state index in [0.29, 0.717) is 0 Å². The predicted octanol–water partition coefficient (Wildman–Crippen LogP) is 2.98. The molecule has 0 saturated carbocycles. The Morgan fingerprint density at radius 3 is 2.33 bits per heavy atom. The van der Waals surface area contributed by atoms with Gasteiger partial charge in [-0.05, 0) is 49.1 Å². The normalized spacial score (nSPS) is 17.5. The van der Waals surface area contributed by atoms with Crippen LogP contribution >= 0.6 is 24.0 Å². The smallest absolute Gasteiger partial charge is 0.194 e. The molecule has 0 bridgehead atoms. The molecule has 0 spiro atoms. The highest BCUT2D eigenvalue weighted by molar-refractivity contribution is 14.0. The molecule has 7 nitrogen and oxygen atoms in total. The predicted molar refractivity (Wildman–Crippen MR) is 134 cm³/mol. The van der Waals surface area contributed by atoms with Crippen LogP contribution in [0.2, 0.25) is 0 Å². The molecule has 0 radical (unpaired) electrons. The number of aliphatic imine (C=N–C) groups is 1. The lowest BCUT2D eigenvalue weighted by Crippen LogP contribution is -2.52. The minimum absolute atomic E-state index is 0. The molecule has 2 aromatic heterocycles. The van der Waals surface area contributed by atoms with Crippen molar-refractivity contribution < 1.29 is 0 Å². The number of pyridine rings is 2. The highest BCUT2D eigenvalue weighted by atomic mass is 127. The fraction of sp³-hybridized carbons (Fsp3) is 0.500. The highest BCUT2D eigenvalue weighted by Gasteiger charge is 2.20. The van der Waals surface area contributed by atoms with Gasteiger partial charge >= 0.3 is 0 Å². The Morgan fingerprint density at radius 2 is 1.63 bits per heavy atom. The summed E-state index contributed by atoms with van der Waals surface area (Å²) in [7, 11) is 1.86. The van der Waals surface area contributed by atoms with Crippen LogP contribution in [0.15, 0.2) is 47.7 Å². The van der Waals surface area contributed by atoms with E-state index in [1.807, 2.05) is 31.6 Å². The van der Waals surface area contributed by atoms with Gasteiger partial charge in [0, 0.05) is 65.3 Å². The van der Waals surface area contributed by atoms with Gasteiger partial charge in [0.1, 0.15) is 11.6 Å². The molecular formula is C22H32IN7. The van der Waals surface area contributed by atoms with E-state index >= 15 is 0 Å². The van der Waals surface area contributed by atoms with Crippen LogP contribution in [0.3, 0.4) is 0 Å². The van der Waals surface area contributed by atoms with Gasteiger partial charge in [0.05, 0.1) is 0 Å². The van der Waals surface area contributed by atoms with E-state index in [1.54, 1.807) is 0 Å². The van der Waals surface area contributed by atoms with E-state index in [1.165, 1.54) is 24.8 Å². The maximum Gasteiger partial charge on any atom is 0.194 e. The molecule has 0 aliphatic carbocycles. The van der Waals surface area contributed by atoms with Gasteiger partial charge in [0.2, 0.25) is 0 Å². The summed E-state index contributed by atoms with van der Waals surface area (Å²) in [5, 5.41) is 3.54. The van der Waals surface area contributed by atoms with E-state index in [2.05, 4.69) is 53.2 Å². The lowest BCUT2D eigenvalue weighted by molar-refractivity contribution is 0.371. The lowest BCUT2D eigenvalue weighted by Gasteiger charge is -2.37. The largest absolute Gasteiger partial charge is 0.357 e. The van der Waals surface area contributed by atoms with Crippen molar-refractivity contribution in [2.45, 2.75) is 25.8 Å². The summed E-state index contributed by atoms with van der Waals surface area (Å²) in [6, 6.07) is 10.4. The monoisotopic (exact) mass is 521 g/mol. The number of halogens is 1. The van der Waals surface area contributed by atoms with Gasteiger partial charge in [-0.1, -0.05) is 6.07 Å². The topological polar surface area (TPSA) is 59.9 Å². The second kappa shape index (κ2) is 11.3. The van der Waals surface area contributed by atoms with E-state index < -0.39 is 0 Å². The zero-order valence-corrected chi connectivity index (χ0v) is 20.0. The van der Waals surface area contributed by atoms with Gasteiger partial charge in [-0.15, -0.1) is 24.0 Å². The van der Waals surface area contributed by atoms with Gasteiger partial charge in [-0.25, -0.2) is 9.97 Å². The van der Waals surface area contributed by atoms with E-state index in [9.17, 15) is 0 Å². The van der Waals surface area contributed by atoms with E-state index in [0.717, 1.165) is 63.4 Å². The molecule has 2 aliphatic heterocycles. The third-order valence-electron chi connectivity index (χ3n) is 5.70. The molecular weight excluding hydrogens is 489 g/mol. The Bertz CT molecular complexity index is 800. The van der Waals surface area contributed by atoms with Crippen LogP contribution in [0.4, 0.5) is 11.6 Å². The number of piperazine rings is 1. The van der Waals surface area contributed by atoms with E-state index in [4.69, 9.17) is 0 Å².